The number of hydrogen-bond donors (Lipinski definition) is 3. The summed E-state index contributed by atoms with van der Waals surface area (Å²) in [5.41, 5.74) is 3.77. The van der Waals surface area contributed by atoms with Gasteiger partial charge >= 0.3 is 0 Å². The van der Waals surface area contributed by atoms with Gasteiger partial charge in [0.25, 0.3) is 0 Å². The largest absolute Gasteiger partial charge is 0.508 e. The predicted octanol–water partition coefficient (Wildman–Crippen LogP) is 8.48. The van der Waals surface area contributed by atoms with Gasteiger partial charge in [-0.25, -0.2) is 0 Å². The third-order valence-electron chi connectivity index (χ3n) is 15.1. The minimum atomic E-state index is -0.919. The minimum Gasteiger partial charge on any atom is -0.508 e. The second kappa shape index (κ2) is 11.1. The van der Waals surface area contributed by atoms with Crippen molar-refractivity contribution in [2.75, 3.05) is 0 Å². The molecule has 11 unspecified atom stereocenters. The van der Waals surface area contributed by atoms with E-state index in [-0.39, 0.29) is 10.8 Å². The second-order valence-corrected chi connectivity index (χ2v) is 16.3. The Morgan fingerprint density at radius 1 is 0.889 bits per heavy atom. The van der Waals surface area contributed by atoms with Crippen molar-refractivity contribution >= 4 is 0 Å². The number of hydrogen-bond acceptors (Lipinski definition) is 3. The SMILES string of the molecule is C#CC1(O)CCC2C3CCC4=CCCCC4C3C(=C)CC21CC.C#CC1(O)CCC2C3CCc4cc(O)ccc4C3CCC21C. The Kier molecular flexibility index (Phi) is 7.66. The van der Waals surface area contributed by atoms with Gasteiger partial charge in [0.1, 0.15) is 17.0 Å². The zero-order chi connectivity index (χ0) is 31.8. The number of rotatable bonds is 1. The number of aryl methyl sites for hydroxylation is 1. The Hall–Kier alpha value is -2.46. The lowest BCUT2D eigenvalue weighted by molar-refractivity contribution is -0.0788. The zero-order valence-corrected chi connectivity index (χ0v) is 27.7. The Morgan fingerprint density at radius 2 is 1.62 bits per heavy atom. The molecule has 1 aromatic rings. The Balaban J connectivity index is 0.000000145. The molecular formula is C42H54O3. The van der Waals surface area contributed by atoms with Crippen molar-refractivity contribution < 1.29 is 15.3 Å². The zero-order valence-electron chi connectivity index (χ0n) is 27.7. The molecular weight excluding hydrogens is 552 g/mol. The van der Waals surface area contributed by atoms with Crippen molar-refractivity contribution in [3.05, 3.63) is 53.1 Å². The lowest BCUT2D eigenvalue weighted by Crippen LogP contribution is -2.54. The van der Waals surface area contributed by atoms with E-state index in [9.17, 15) is 15.3 Å². The summed E-state index contributed by atoms with van der Waals surface area (Å²) >= 11 is 0. The first-order chi connectivity index (χ1) is 21.5. The van der Waals surface area contributed by atoms with E-state index in [1.807, 2.05) is 12.1 Å². The van der Waals surface area contributed by atoms with E-state index in [1.165, 1.54) is 48.8 Å². The molecule has 8 rings (SSSR count). The van der Waals surface area contributed by atoms with Gasteiger partial charge in [0.05, 0.1) is 0 Å². The van der Waals surface area contributed by atoms with Crippen LogP contribution in [0.15, 0.2) is 42.0 Å². The summed E-state index contributed by atoms with van der Waals surface area (Å²) in [6.45, 7) is 8.98. The molecule has 3 nitrogen and oxygen atoms in total. The van der Waals surface area contributed by atoms with Crippen LogP contribution in [-0.2, 0) is 6.42 Å². The van der Waals surface area contributed by atoms with Gasteiger partial charge in [-0.05, 0) is 161 Å². The van der Waals surface area contributed by atoms with Gasteiger partial charge in [0, 0.05) is 10.8 Å². The highest BCUT2D eigenvalue weighted by atomic mass is 16.3. The van der Waals surface area contributed by atoms with Crippen molar-refractivity contribution in [1.82, 2.24) is 0 Å². The molecule has 11 atom stereocenters. The Labute approximate surface area is 272 Å². The molecule has 240 valence electrons. The molecule has 0 bridgehead atoms. The van der Waals surface area contributed by atoms with Crippen LogP contribution in [0.2, 0.25) is 0 Å². The number of phenolic OH excluding ortho intramolecular Hbond substituents is 1. The number of allylic oxidation sites excluding steroid dienone is 3. The summed E-state index contributed by atoms with van der Waals surface area (Å²) in [5, 5.41) is 31.8. The highest BCUT2D eigenvalue weighted by Crippen LogP contribution is 2.67. The molecule has 45 heavy (non-hydrogen) atoms. The monoisotopic (exact) mass is 606 g/mol. The molecule has 0 amide bonds. The Morgan fingerprint density at radius 3 is 2.38 bits per heavy atom. The fourth-order valence-corrected chi connectivity index (χ4v) is 12.8. The van der Waals surface area contributed by atoms with Crippen LogP contribution in [-0.4, -0.2) is 26.5 Å². The minimum absolute atomic E-state index is 0.115. The molecule has 3 heteroatoms. The van der Waals surface area contributed by atoms with Crippen molar-refractivity contribution in [1.29, 1.82) is 0 Å². The van der Waals surface area contributed by atoms with E-state index >= 15 is 0 Å². The van der Waals surface area contributed by atoms with E-state index in [0.717, 1.165) is 70.1 Å². The molecule has 0 radical (unpaired) electrons. The van der Waals surface area contributed by atoms with Crippen molar-refractivity contribution in [2.45, 2.75) is 127 Å². The molecule has 1 aromatic carbocycles. The summed E-state index contributed by atoms with van der Waals surface area (Å²) < 4.78 is 0. The third-order valence-corrected chi connectivity index (χ3v) is 15.1. The maximum Gasteiger partial charge on any atom is 0.131 e. The second-order valence-electron chi connectivity index (χ2n) is 16.3. The fourth-order valence-electron chi connectivity index (χ4n) is 12.8. The van der Waals surface area contributed by atoms with E-state index < -0.39 is 11.2 Å². The molecule has 0 saturated heterocycles. The maximum atomic E-state index is 11.2. The number of fused-ring (bicyclic) bond motifs is 10. The summed E-state index contributed by atoms with van der Waals surface area (Å²) in [6.07, 6.45) is 30.4. The lowest BCUT2D eigenvalue weighted by Gasteiger charge is -2.56. The predicted molar refractivity (Wildman–Crippen MR) is 181 cm³/mol. The van der Waals surface area contributed by atoms with Crippen molar-refractivity contribution in [2.24, 2.45) is 46.3 Å². The van der Waals surface area contributed by atoms with Crippen LogP contribution in [0.3, 0.4) is 0 Å². The highest BCUT2D eigenvalue weighted by molar-refractivity contribution is 5.41. The summed E-state index contributed by atoms with van der Waals surface area (Å²) in [6, 6.07) is 5.87. The van der Waals surface area contributed by atoms with Crippen LogP contribution in [0.5, 0.6) is 5.75 Å². The summed E-state index contributed by atoms with van der Waals surface area (Å²) in [4.78, 5) is 0. The molecule has 0 aliphatic heterocycles. The molecule has 7 aliphatic rings. The molecule has 0 heterocycles. The first-order valence-corrected chi connectivity index (χ1v) is 18.1. The van der Waals surface area contributed by atoms with E-state index in [1.54, 1.807) is 5.57 Å². The van der Waals surface area contributed by atoms with E-state index in [2.05, 4.69) is 44.4 Å². The Bertz CT molecular complexity index is 1470. The number of phenols is 1. The smallest absolute Gasteiger partial charge is 0.131 e. The van der Waals surface area contributed by atoms with Gasteiger partial charge < -0.3 is 15.3 Å². The summed E-state index contributed by atoms with van der Waals surface area (Å²) in [5.74, 6) is 10.3. The normalized spacial score (nSPS) is 45.9. The third kappa shape index (κ3) is 4.40. The molecule has 7 aliphatic carbocycles. The van der Waals surface area contributed by atoms with Crippen LogP contribution < -0.4 is 0 Å². The van der Waals surface area contributed by atoms with Gasteiger partial charge in [-0.2, -0.15) is 0 Å². The first kappa shape index (κ1) is 31.2. The highest BCUT2D eigenvalue weighted by Gasteiger charge is 2.64. The standard InChI is InChI=1S/C22H30O.C20H24O2/c1-4-21-14-15(3)20-17-9-7-6-8-16(17)10-11-18(20)19(21)12-13-22(21,23)5-2;1-3-20(22)11-9-18-17-6-4-13-12-14(21)5-7-15(13)16(17)8-10-19(18,20)2/h2,8,17-20,23H,3-4,6-7,9-14H2,1H3;1,5,7,12,16-18,21-22H,4,6,8-11H2,2H3. The average Bonchev–Trinajstić information content (AvgIpc) is 3.51. The van der Waals surface area contributed by atoms with Gasteiger partial charge in [-0.3, -0.25) is 0 Å². The molecule has 0 spiro atoms. The number of terminal acetylenes is 2. The van der Waals surface area contributed by atoms with Crippen LogP contribution in [0.25, 0.3) is 0 Å². The topological polar surface area (TPSA) is 60.7 Å². The van der Waals surface area contributed by atoms with Gasteiger partial charge in [-0.1, -0.05) is 55.6 Å². The van der Waals surface area contributed by atoms with Crippen LogP contribution in [0.1, 0.15) is 121 Å². The molecule has 5 fully saturated rings. The maximum absolute atomic E-state index is 11.2. The van der Waals surface area contributed by atoms with Gasteiger partial charge in [0.15, 0.2) is 0 Å². The number of benzene rings is 1. The van der Waals surface area contributed by atoms with Crippen LogP contribution in [0.4, 0.5) is 0 Å². The van der Waals surface area contributed by atoms with Crippen LogP contribution in [0, 0.1) is 71.0 Å². The lowest BCUT2D eigenvalue weighted by atomic mass is 9.48. The molecule has 3 N–H and O–H groups in total. The summed E-state index contributed by atoms with van der Waals surface area (Å²) in [7, 11) is 0. The van der Waals surface area contributed by atoms with Gasteiger partial charge in [-0.15, -0.1) is 12.8 Å². The number of aliphatic hydroxyl groups is 2. The van der Waals surface area contributed by atoms with Gasteiger partial charge in [0.2, 0.25) is 0 Å². The first-order valence-electron chi connectivity index (χ1n) is 18.1. The van der Waals surface area contributed by atoms with E-state index in [4.69, 9.17) is 12.8 Å². The van der Waals surface area contributed by atoms with E-state index in [0.29, 0.717) is 41.3 Å². The number of aromatic hydroxyl groups is 1. The quantitative estimate of drug-likeness (QED) is 0.222. The average molecular weight is 607 g/mol. The van der Waals surface area contributed by atoms with Crippen LogP contribution >= 0.6 is 0 Å². The fraction of sp³-hybridized carbons (Fsp3) is 0.667. The van der Waals surface area contributed by atoms with Crippen molar-refractivity contribution in [3.63, 3.8) is 0 Å². The molecule has 0 aromatic heterocycles. The molecule has 5 saturated carbocycles. The van der Waals surface area contributed by atoms with Crippen molar-refractivity contribution in [3.8, 4) is 30.4 Å².